The molecule has 2 aliphatic heterocycles. The number of fused-ring (bicyclic) bond motifs is 4. The van der Waals surface area contributed by atoms with Crippen molar-refractivity contribution in [1.29, 1.82) is 0 Å². The molecule has 0 unspecified atom stereocenters. The third-order valence-electron chi connectivity index (χ3n) is 8.10. The largest absolute Gasteiger partial charge is 0.456 e. The van der Waals surface area contributed by atoms with E-state index in [0.29, 0.717) is 48.8 Å². The van der Waals surface area contributed by atoms with Crippen molar-refractivity contribution in [2.75, 3.05) is 26.2 Å². The number of ether oxygens (including phenoxy) is 2. The topological polar surface area (TPSA) is 59.1 Å². The minimum Gasteiger partial charge on any atom is -0.456 e. The van der Waals surface area contributed by atoms with Crippen LogP contribution in [0.4, 0.5) is 0 Å². The van der Waals surface area contributed by atoms with Crippen LogP contribution in [-0.4, -0.2) is 47.8 Å². The molecule has 0 radical (unpaired) electrons. The molecule has 4 aromatic carbocycles. The van der Waals surface area contributed by atoms with Crippen molar-refractivity contribution < 1.29 is 19.1 Å². The van der Waals surface area contributed by atoms with Crippen LogP contribution in [0.2, 0.25) is 0 Å². The number of amides is 2. The zero-order valence-electron chi connectivity index (χ0n) is 24.4. The van der Waals surface area contributed by atoms with Crippen molar-refractivity contribution in [3.63, 3.8) is 0 Å². The Kier molecular flexibility index (Phi) is 7.29. The lowest BCUT2D eigenvalue weighted by molar-refractivity contribution is 0.0765. The molecule has 0 bridgehead atoms. The maximum atomic E-state index is 13.5. The minimum absolute atomic E-state index is 0.0223. The van der Waals surface area contributed by atoms with Crippen molar-refractivity contribution in [3.05, 3.63) is 118 Å². The van der Waals surface area contributed by atoms with E-state index >= 15 is 0 Å². The Morgan fingerprint density at radius 3 is 1.24 bits per heavy atom. The molecule has 0 aliphatic carbocycles. The van der Waals surface area contributed by atoms with E-state index in [0.717, 1.165) is 44.9 Å². The van der Waals surface area contributed by atoms with Crippen molar-refractivity contribution in [1.82, 2.24) is 9.80 Å². The van der Waals surface area contributed by atoms with Gasteiger partial charge in [0, 0.05) is 70.7 Å². The molecule has 0 N–H and O–H groups in total. The first-order valence-corrected chi connectivity index (χ1v) is 14.6. The van der Waals surface area contributed by atoms with Crippen LogP contribution in [0.25, 0.3) is 11.1 Å². The van der Waals surface area contributed by atoms with Gasteiger partial charge in [0.2, 0.25) is 0 Å². The van der Waals surface area contributed by atoms with Gasteiger partial charge < -0.3 is 19.3 Å². The number of hydrogen-bond acceptors (Lipinski definition) is 4. The fraction of sp³-hybridized carbons (Fsp3) is 0.222. The second-order valence-corrected chi connectivity index (χ2v) is 10.3. The summed E-state index contributed by atoms with van der Waals surface area (Å²) in [6, 6.07) is 27.2. The number of carbonyl (C=O) groups is 2. The summed E-state index contributed by atoms with van der Waals surface area (Å²) < 4.78 is 12.8. The van der Waals surface area contributed by atoms with Gasteiger partial charge in [0.15, 0.2) is 0 Å². The fourth-order valence-electron chi connectivity index (χ4n) is 5.87. The van der Waals surface area contributed by atoms with Crippen LogP contribution in [0.5, 0.6) is 23.0 Å². The number of carbonyl (C=O) groups excluding carboxylic acids is 2. The Bertz CT molecular complexity index is 1600. The van der Waals surface area contributed by atoms with E-state index in [-0.39, 0.29) is 11.8 Å². The average molecular weight is 559 g/mol. The lowest BCUT2D eigenvalue weighted by Gasteiger charge is -2.30. The van der Waals surface area contributed by atoms with E-state index < -0.39 is 0 Å². The van der Waals surface area contributed by atoms with Crippen LogP contribution in [-0.2, 0) is 0 Å². The summed E-state index contributed by atoms with van der Waals surface area (Å²) in [6.07, 6.45) is 0. The maximum Gasteiger partial charge on any atom is 0.253 e. The molecular weight excluding hydrogens is 524 g/mol. The van der Waals surface area contributed by atoms with Crippen molar-refractivity contribution in [2.45, 2.75) is 27.7 Å². The Morgan fingerprint density at radius 2 is 0.857 bits per heavy atom. The predicted octanol–water partition coefficient (Wildman–Crippen LogP) is 7.87. The van der Waals surface area contributed by atoms with Crippen molar-refractivity contribution in [2.24, 2.45) is 0 Å². The first kappa shape index (κ1) is 27.3. The van der Waals surface area contributed by atoms with Crippen molar-refractivity contribution >= 4 is 23.0 Å². The van der Waals surface area contributed by atoms with Gasteiger partial charge in [-0.15, -0.1) is 0 Å². The van der Waals surface area contributed by atoms with Gasteiger partial charge in [-0.2, -0.15) is 0 Å². The van der Waals surface area contributed by atoms with Gasteiger partial charge in [0.1, 0.15) is 23.0 Å². The average Bonchev–Trinajstić information content (AvgIpc) is 3.03. The Morgan fingerprint density at radius 1 is 0.500 bits per heavy atom. The van der Waals surface area contributed by atoms with Gasteiger partial charge in [-0.05, 0) is 76.2 Å². The highest BCUT2D eigenvalue weighted by molar-refractivity contribution is 6.11. The summed E-state index contributed by atoms with van der Waals surface area (Å²) in [5.74, 6) is 2.77. The Balaban J connectivity index is 1.67. The highest BCUT2D eigenvalue weighted by Gasteiger charge is 2.32. The second kappa shape index (κ2) is 11.2. The molecule has 2 aliphatic rings. The highest BCUT2D eigenvalue weighted by atomic mass is 16.5. The number of hydrogen-bond donors (Lipinski definition) is 0. The Hall–Kier alpha value is -4.84. The molecule has 42 heavy (non-hydrogen) atoms. The molecule has 6 nitrogen and oxygen atoms in total. The zero-order chi connectivity index (χ0) is 29.4. The maximum absolute atomic E-state index is 13.5. The third kappa shape index (κ3) is 4.53. The van der Waals surface area contributed by atoms with E-state index in [4.69, 9.17) is 9.47 Å². The number of rotatable bonds is 6. The molecule has 0 saturated heterocycles. The summed E-state index contributed by atoms with van der Waals surface area (Å²) in [6.45, 7) is 10.4. The van der Waals surface area contributed by atoms with Gasteiger partial charge in [-0.25, -0.2) is 0 Å². The van der Waals surface area contributed by atoms with Gasteiger partial charge in [-0.1, -0.05) is 36.4 Å². The number of benzene rings is 4. The molecular formula is C36H34N2O4. The molecule has 0 aromatic heterocycles. The molecule has 2 amide bonds. The van der Waals surface area contributed by atoms with E-state index in [1.54, 1.807) is 0 Å². The minimum atomic E-state index is -0.0223. The summed E-state index contributed by atoms with van der Waals surface area (Å²) in [5, 5.41) is 0. The van der Waals surface area contributed by atoms with Gasteiger partial charge in [-0.3, -0.25) is 9.59 Å². The summed E-state index contributed by atoms with van der Waals surface area (Å²) >= 11 is 0. The van der Waals surface area contributed by atoms with E-state index in [1.165, 1.54) is 0 Å². The van der Waals surface area contributed by atoms with Crippen LogP contribution in [0, 0.1) is 0 Å². The lowest BCUT2D eigenvalue weighted by Crippen LogP contribution is -2.30. The molecule has 0 spiro atoms. The van der Waals surface area contributed by atoms with Crippen LogP contribution >= 0.6 is 0 Å². The molecule has 212 valence electrons. The smallest absolute Gasteiger partial charge is 0.253 e. The first-order chi connectivity index (χ1) is 20.5. The number of para-hydroxylation sites is 2. The van der Waals surface area contributed by atoms with E-state index in [2.05, 4.69) is 0 Å². The van der Waals surface area contributed by atoms with Crippen molar-refractivity contribution in [3.8, 4) is 23.0 Å². The summed E-state index contributed by atoms with van der Waals surface area (Å²) in [5.41, 5.74) is 6.55. The monoisotopic (exact) mass is 558 g/mol. The standard InChI is InChI=1S/C36H34N2O4/c1-5-37(6-2)35(39)23-17-19-31-27(21-23)33(25-13-9-11-15-29(25)41-31)34-26-14-10-12-16-30(26)42-32-20-18-24(22-28(32)34)36(40)38(7-3)8-4/h9-22H,5-8H2,1-4H3/b34-33+. The third-order valence-corrected chi connectivity index (χ3v) is 8.10. The van der Waals surface area contributed by atoms with Gasteiger partial charge >= 0.3 is 0 Å². The molecule has 4 aromatic rings. The van der Waals surface area contributed by atoms with Crippen LogP contribution in [0.15, 0.2) is 84.9 Å². The quantitative estimate of drug-likeness (QED) is 0.209. The van der Waals surface area contributed by atoms with E-state index in [1.807, 2.05) is 122 Å². The molecule has 2 heterocycles. The first-order valence-electron chi connectivity index (χ1n) is 14.6. The van der Waals surface area contributed by atoms with Crippen LogP contribution in [0.1, 0.15) is 70.7 Å². The van der Waals surface area contributed by atoms with Crippen LogP contribution in [0.3, 0.4) is 0 Å². The zero-order valence-corrected chi connectivity index (χ0v) is 24.4. The lowest BCUT2D eigenvalue weighted by atomic mass is 9.81. The number of nitrogens with zero attached hydrogens (tertiary/aromatic N) is 2. The van der Waals surface area contributed by atoms with Crippen LogP contribution < -0.4 is 9.47 Å². The molecule has 0 fully saturated rings. The summed E-state index contributed by atoms with van der Waals surface area (Å²) in [7, 11) is 0. The molecule has 0 saturated carbocycles. The highest BCUT2D eigenvalue weighted by Crippen LogP contribution is 2.53. The molecule has 6 heteroatoms. The summed E-state index contributed by atoms with van der Waals surface area (Å²) in [4.78, 5) is 30.6. The fourth-order valence-corrected chi connectivity index (χ4v) is 5.87. The Labute approximate surface area is 246 Å². The predicted molar refractivity (Wildman–Crippen MR) is 165 cm³/mol. The molecule has 0 atom stereocenters. The van der Waals surface area contributed by atoms with Gasteiger partial charge in [0.05, 0.1) is 0 Å². The second-order valence-electron chi connectivity index (χ2n) is 10.3. The SMILES string of the molecule is CCN(CC)C(=O)c1ccc2c(c1)/C(=C1\c3ccccc3Oc3ccc(C(=O)N(CC)CC)cc31)c1ccccc1O2. The van der Waals surface area contributed by atoms with Gasteiger partial charge in [0.25, 0.3) is 11.8 Å². The molecule has 6 rings (SSSR count). The normalized spacial score (nSPS) is 14.4. The van der Waals surface area contributed by atoms with E-state index in [9.17, 15) is 9.59 Å².